The lowest BCUT2D eigenvalue weighted by Crippen LogP contribution is -2.56. The lowest BCUT2D eigenvalue weighted by molar-refractivity contribution is -0.147. The summed E-state index contributed by atoms with van der Waals surface area (Å²) in [6.07, 6.45) is 7.72. The minimum atomic E-state index is -0.144. The molecule has 1 atom stereocenters. The van der Waals surface area contributed by atoms with E-state index in [4.69, 9.17) is 9.47 Å². The Morgan fingerprint density at radius 3 is 2.46 bits per heavy atom. The van der Waals surface area contributed by atoms with Gasteiger partial charge in [-0.05, 0) is 76.9 Å². The average molecular weight is 394 g/mol. The van der Waals surface area contributed by atoms with Crippen LogP contribution in [-0.4, -0.2) is 91.3 Å². The van der Waals surface area contributed by atoms with Crippen LogP contribution >= 0.6 is 0 Å². The van der Waals surface area contributed by atoms with E-state index in [9.17, 15) is 9.59 Å². The smallest absolute Gasteiger partial charge is 0.409 e. The zero-order chi connectivity index (χ0) is 19.7. The lowest BCUT2D eigenvalue weighted by atomic mass is 9.64. The van der Waals surface area contributed by atoms with Gasteiger partial charge >= 0.3 is 12.1 Å². The standard InChI is InChI=1S/C21H35N3O4/c1-3-28-20(26)23-12-8-21(15-23)13-17(14-21)22-10-6-16(7-11-22)24-9-4-5-18(24)19(25)27-2/h16-18H,3-15H2,1-2H3. The van der Waals surface area contributed by atoms with Crippen molar-refractivity contribution >= 4 is 12.1 Å². The number of likely N-dealkylation sites (tertiary alicyclic amines) is 3. The summed E-state index contributed by atoms with van der Waals surface area (Å²) >= 11 is 0. The number of carbonyl (C=O) groups excluding carboxylic acids is 2. The van der Waals surface area contributed by atoms with Gasteiger partial charge in [0.1, 0.15) is 6.04 Å². The first-order chi connectivity index (χ1) is 13.5. The molecule has 0 bridgehead atoms. The first-order valence-corrected chi connectivity index (χ1v) is 11.0. The second-order valence-electron chi connectivity index (χ2n) is 9.12. The fraction of sp³-hybridized carbons (Fsp3) is 0.905. The molecule has 1 unspecified atom stereocenters. The summed E-state index contributed by atoms with van der Waals surface area (Å²) in [5, 5.41) is 0. The van der Waals surface area contributed by atoms with Gasteiger partial charge in [0, 0.05) is 25.2 Å². The fourth-order valence-corrected chi connectivity index (χ4v) is 6.03. The molecule has 0 aromatic rings. The normalized spacial score (nSPS) is 34.6. The van der Waals surface area contributed by atoms with Crippen molar-refractivity contribution in [1.82, 2.24) is 14.7 Å². The second kappa shape index (κ2) is 8.19. The molecule has 3 saturated heterocycles. The van der Waals surface area contributed by atoms with Crippen molar-refractivity contribution in [1.29, 1.82) is 0 Å². The molecule has 1 amide bonds. The van der Waals surface area contributed by atoms with Crippen molar-refractivity contribution in [3.8, 4) is 0 Å². The molecular formula is C21H35N3O4. The molecule has 0 N–H and O–H groups in total. The number of ether oxygens (including phenoxy) is 2. The summed E-state index contributed by atoms with van der Waals surface area (Å²) in [6.45, 7) is 7.30. The first kappa shape index (κ1) is 20.0. The number of hydrogen-bond acceptors (Lipinski definition) is 6. The van der Waals surface area contributed by atoms with E-state index in [1.165, 1.54) is 20.0 Å². The lowest BCUT2D eigenvalue weighted by Gasteiger charge is -2.52. The van der Waals surface area contributed by atoms with Crippen LogP contribution in [0.4, 0.5) is 4.79 Å². The zero-order valence-electron chi connectivity index (χ0n) is 17.4. The molecule has 1 saturated carbocycles. The number of hydrogen-bond donors (Lipinski definition) is 0. The van der Waals surface area contributed by atoms with Crippen LogP contribution in [0.15, 0.2) is 0 Å². The highest BCUT2D eigenvalue weighted by Gasteiger charge is 2.51. The van der Waals surface area contributed by atoms with E-state index in [0.717, 1.165) is 64.8 Å². The van der Waals surface area contributed by atoms with Crippen LogP contribution in [0.3, 0.4) is 0 Å². The van der Waals surface area contributed by atoms with Crippen LogP contribution in [0.25, 0.3) is 0 Å². The van der Waals surface area contributed by atoms with Gasteiger partial charge in [-0.3, -0.25) is 9.69 Å². The number of carbonyl (C=O) groups is 2. The molecule has 3 aliphatic heterocycles. The number of esters is 1. The minimum Gasteiger partial charge on any atom is -0.468 e. The molecule has 3 heterocycles. The van der Waals surface area contributed by atoms with Gasteiger partial charge in [-0.2, -0.15) is 0 Å². The molecule has 4 rings (SSSR count). The van der Waals surface area contributed by atoms with Crippen LogP contribution in [0.5, 0.6) is 0 Å². The van der Waals surface area contributed by atoms with Crippen molar-refractivity contribution in [3.63, 3.8) is 0 Å². The molecule has 7 heteroatoms. The Hall–Kier alpha value is -1.34. The van der Waals surface area contributed by atoms with Gasteiger partial charge < -0.3 is 19.3 Å². The predicted octanol–water partition coefficient (Wildman–Crippen LogP) is 2.10. The fourth-order valence-electron chi connectivity index (χ4n) is 6.03. The quantitative estimate of drug-likeness (QED) is 0.682. The molecule has 0 radical (unpaired) electrons. The third kappa shape index (κ3) is 3.75. The summed E-state index contributed by atoms with van der Waals surface area (Å²) < 4.78 is 10.2. The number of rotatable bonds is 4. The number of amides is 1. The van der Waals surface area contributed by atoms with Gasteiger partial charge in [0.15, 0.2) is 0 Å². The van der Waals surface area contributed by atoms with E-state index in [1.807, 2.05) is 11.8 Å². The van der Waals surface area contributed by atoms with Crippen LogP contribution in [0, 0.1) is 5.41 Å². The number of nitrogens with zero attached hydrogens (tertiary/aromatic N) is 3. The Kier molecular flexibility index (Phi) is 5.83. The van der Waals surface area contributed by atoms with Gasteiger partial charge in [0.2, 0.25) is 0 Å². The highest BCUT2D eigenvalue weighted by Crippen LogP contribution is 2.50. The Labute approximate surface area is 168 Å². The summed E-state index contributed by atoms with van der Waals surface area (Å²) in [5.74, 6) is -0.0618. The van der Waals surface area contributed by atoms with Crippen LogP contribution < -0.4 is 0 Å². The number of methoxy groups -OCH3 is 1. The van der Waals surface area contributed by atoms with Gasteiger partial charge in [0.25, 0.3) is 0 Å². The first-order valence-electron chi connectivity index (χ1n) is 11.0. The monoisotopic (exact) mass is 393 g/mol. The Morgan fingerprint density at radius 1 is 1.04 bits per heavy atom. The third-order valence-corrected chi connectivity index (χ3v) is 7.55. The molecular weight excluding hydrogens is 358 g/mol. The van der Waals surface area contributed by atoms with E-state index in [2.05, 4.69) is 9.80 Å². The van der Waals surface area contributed by atoms with Gasteiger partial charge in [-0.1, -0.05) is 0 Å². The van der Waals surface area contributed by atoms with Crippen molar-refractivity contribution in [2.75, 3.05) is 46.4 Å². The largest absolute Gasteiger partial charge is 0.468 e. The van der Waals surface area contributed by atoms with E-state index < -0.39 is 0 Å². The topological polar surface area (TPSA) is 62.3 Å². The third-order valence-electron chi connectivity index (χ3n) is 7.55. The summed E-state index contributed by atoms with van der Waals surface area (Å²) in [4.78, 5) is 31.0. The van der Waals surface area contributed by atoms with E-state index in [-0.39, 0.29) is 18.1 Å². The summed E-state index contributed by atoms with van der Waals surface area (Å²) in [7, 11) is 1.50. The molecule has 158 valence electrons. The molecule has 1 spiro atoms. The molecule has 1 aliphatic carbocycles. The molecule has 4 fully saturated rings. The maximum absolute atomic E-state index is 12.0. The highest BCUT2D eigenvalue weighted by molar-refractivity contribution is 5.76. The molecule has 0 aromatic heterocycles. The average Bonchev–Trinajstić information content (AvgIpc) is 3.34. The SMILES string of the molecule is CCOC(=O)N1CCC2(CC(N3CCC(N4CCCC4C(=O)OC)CC3)C2)C1. The number of piperidine rings is 1. The Morgan fingerprint density at radius 2 is 1.79 bits per heavy atom. The maximum atomic E-state index is 12.0. The second-order valence-corrected chi connectivity index (χ2v) is 9.12. The van der Waals surface area contributed by atoms with E-state index in [0.29, 0.717) is 24.1 Å². The predicted molar refractivity (Wildman–Crippen MR) is 105 cm³/mol. The molecule has 0 aromatic carbocycles. The minimum absolute atomic E-state index is 0.0270. The maximum Gasteiger partial charge on any atom is 0.409 e. The van der Waals surface area contributed by atoms with Gasteiger partial charge in [-0.15, -0.1) is 0 Å². The van der Waals surface area contributed by atoms with Crippen LogP contribution in [0.1, 0.15) is 51.9 Å². The molecule has 7 nitrogen and oxygen atoms in total. The van der Waals surface area contributed by atoms with Gasteiger partial charge in [0.05, 0.1) is 13.7 Å². The van der Waals surface area contributed by atoms with Crippen molar-refractivity contribution in [3.05, 3.63) is 0 Å². The van der Waals surface area contributed by atoms with Gasteiger partial charge in [-0.25, -0.2) is 4.79 Å². The van der Waals surface area contributed by atoms with E-state index >= 15 is 0 Å². The van der Waals surface area contributed by atoms with Crippen LogP contribution in [-0.2, 0) is 14.3 Å². The van der Waals surface area contributed by atoms with Crippen LogP contribution in [0.2, 0.25) is 0 Å². The van der Waals surface area contributed by atoms with Crippen molar-refractivity contribution in [2.45, 2.75) is 70.0 Å². The van der Waals surface area contributed by atoms with Crippen molar-refractivity contribution in [2.24, 2.45) is 5.41 Å². The molecule has 28 heavy (non-hydrogen) atoms. The zero-order valence-corrected chi connectivity index (χ0v) is 17.4. The Balaban J connectivity index is 1.23. The summed E-state index contributed by atoms with van der Waals surface area (Å²) in [5.41, 5.74) is 0.333. The highest BCUT2D eigenvalue weighted by atomic mass is 16.6. The Bertz CT molecular complexity index is 584. The summed E-state index contributed by atoms with van der Waals surface area (Å²) in [6, 6.07) is 1.15. The van der Waals surface area contributed by atoms with Crippen molar-refractivity contribution < 1.29 is 19.1 Å². The van der Waals surface area contributed by atoms with E-state index in [1.54, 1.807) is 0 Å². The molecule has 4 aliphatic rings.